The highest BCUT2D eigenvalue weighted by molar-refractivity contribution is 7.89. The maximum absolute atomic E-state index is 14.1. The molecule has 0 aliphatic carbocycles. The predicted octanol–water partition coefficient (Wildman–Crippen LogP) is 7.51. The molecule has 1 aliphatic rings. The van der Waals surface area contributed by atoms with Crippen LogP contribution in [0.5, 0.6) is 0 Å². The first-order valence-corrected chi connectivity index (χ1v) is 22.0. The highest BCUT2D eigenvalue weighted by Crippen LogP contribution is 2.44. The molecule has 53 heavy (non-hydrogen) atoms. The normalized spacial score (nSPS) is 15.8. The van der Waals surface area contributed by atoms with Crippen molar-refractivity contribution in [2.75, 3.05) is 33.1 Å². The van der Waals surface area contributed by atoms with E-state index in [9.17, 15) is 9.35 Å². The van der Waals surface area contributed by atoms with Gasteiger partial charge in [0.1, 0.15) is 11.4 Å². The molecule has 3 atom stereocenters. The Morgan fingerprint density at radius 2 is 1.68 bits per heavy atom. The maximum atomic E-state index is 14.1. The quantitative estimate of drug-likeness (QED) is 0.0572. The van der Waals surface area contributed by atoms with E-state index < -0.39 is 25.6 Å². The zero-order valence-corrected chi connectivity index (χ0v) is 34.5. The van der Waals surface area contributed by atoms with Crippen LogP contribution < -0.4 is 10.4 Å². The molecule has 1 unspecified atom stereocenters. The zero-order chi connectivity index (χ0) is 38.2. The first kappa shape index (κ1) is 40.4. The van der Waals surface area contributed by atoms with Crippen LogP contribution in [0, 0.1) is 11.8 Å². The van der Waals surface area contributed by atoms with Gasteiger partial charge in [0.2, 0.25) is 0 Å². The van der Waals surface area contributed by atoms with Crippen molar-refractivity contribution in [3.05, 3.63) is 113 Å². The summed E-state index contributed by atoms with van der Waals surface area (Å²) < 4.78 is 29.1. The Balaban J connectivity index is 1.62. The number of hydrogen-bond donors (Lipinski definition) is 0. The Morgan fingerprint density at radius 1 is 1.02 bits per heavy atom. The zero-order valence-electron chi connectivity index (χ0n) is 32.6. The van der Waals surface area contributed by atoms with Gasteiger partial charge in [-0.05, 0) is 80.0 Å². The van der Waals surface area contributed by atoms with Gasteiger partial charge in [-0.15, -0.1) is 4.31 Å². The number of ether oxygens (including phenoxy) is 1. The smallest absolute Gasteiger partial charge is 0.356 e. The van der Waals surface area contributed by atoms with Crippen LogP contribution in [0.3, 0.4) is 0 Å². The lowest BCUT2D eigenvalue weighted by atomic mass is 9.95. The molecule has 0 N–H and O–H groups in total. The topological polar surface area (TPSA) is 78.0 Å². The number of rotatable bonds is 14. The molecule has 7 nitrogen and oxygen atoms in total. The maximum Gasteiger partial charge on any atom is 0.356 e. The summed E-state index contributed by atoms with van der Waals surface area (Å²) in [5.74, 6) is 6.76. The number of carbonyl (C=O) groups excluding carboxylic acids is 1. The Kier molecular flexibility index (Phi) is 13.8. The van der Waals surface area contributed by atoms with Gasteiger partial charge in [-0.2, -0.15) is 0 Å². The Labute approximate surface area is 321 Å². The second-order valence-corrected chi connectivity index (χ2v) is 20.7. The molecule has 0 saturated carbocycles. The molecule has 1 aromatic heterocycles. The second kappa shape index (κ2) is 18.0. The molecule has 9 heteroatoms. The van der Waals surface area contributed by atoms with E-state index in [0.29, 0.717) is 31.0 Å². The average Bonchev–Trinajstić information content (AvgIpc) is 3.53. The molecule has 280 valence electrons. The minimum Gasteiger partial charge on any atom is -0.598 e. The number of nitrogens with zero attached hydrogens (tertiary/aromatic N) is 3. The Hall–Kier alpha value is -3.75. The van der Waals surface area contributed by atoms with Crippen molar-refractivity contribution in [1.29, 1.82) is 0 Å². The van der Waals surface area contributed by atoms with Gasteiger partial charge in [-0.3, -0.25) is 4.90 Å². The molecule has 0 saturated heterocycles. The largest absolute Gasteiger partial charge is 0.598 e. The number of pyridine rings is 1. The fourth-order valence-corrected chi connectivity index (χ4v) is 13.2. The third-order valence-electron chi connectivity index (χ3n) is 10.0. The summed E-state index contributed by atoms with van der Waals surface area (Å²) in [6, 6.07) is 31.0. The van der Waals surface area contributed by atoms with Gasteiger partial charge in [0.25, 0.3) is 8.32 Å². The predicted molar refractivity (Wildman–Crippen MR) is 220 cm³/mol. The molecule has 0 amide bonds. The van der Waals surface area contributed by atoms with Crippen molar-refractivity contribution >= 4 is 36.0 Å². The fourth-order valence-electron chi connectivity index (χ4n) is 7.10. The number of fused-ring (bicyclic) bond motifs is 1. The highest BCUT2D eigenvalue weighted by atomic mass is 32.2. The fraction of sp³-hybridized carbons (Fsp3) is 0.409. The summed E-state index contributed by atoms with van der Waals surface area (Å²) in [4.78, 5) is 20.3. The monoisotopic (exact) mass is 749 g/mol. The number of carbonyl (C=O) groups is 1. The molecule has 0 bridgehead atoms. The van der Waals surface area contributed by atoms with Gasteiger partial charge in [0.15, 0.2) is 0 Å². The van der Waals surface area contributed by atoms with Gasteiger partial charge in [0.05, 0.1) is 30.9 Å². The van der Waals surface area contributed by atoms with Crippen LogP contribution in [0.25, 0.3) is 11.3 Å². The summed E-state index contributed by atoms with van der Waals surface area (Å²) in [7, 11) is 1.21. The van der Waals surface area contributed by atoms with Crippen molar-refractivity contribution in [1.82, 2.24) is 14.2 Å². The molecule has 0 fully saturated rings. The van der Waals surface area contributed by atoms with Crippen LogP contribution in [0.1, 0.15) is 94.0 Å². The number of esters is 1. The first-order valence-electron chi connectivity index (χ1n) is 18.8. The van der Waals surface area contributed by atoms with Crippen molar-refractivity contribution in [3.8, 4) is 23.1 Å². The number of hydrogen-bond acceptors (Lipinski definition) is 7. The minimum absolute atomic E-state index is 0.0831. The highest BCUT2D eigenvalue weighted by Gasteiger charge is 2.50. The molecular weight excluding hydrogens is 695 g/mol. The van der Waals surface area contributed by atoms with Crippen LogP contribution in [-0.4, -0.2) is 72.1 Å². The molecular formula is C44H55N3O4SSi. The van der Waals surface area contributed by atoms with Crippen molar-refractivity contribution < 1.29 is 18.5 Å². The van der Waals surface area contributed by atoms with Crippen molar-refractivity contribution in [3.63, 3.8) is 0 Å². The van der Waals surface area contributed by atoms with Gasteiger partial charge in [-0.25, -0.2) is 9.78 Å². The van der Waals surface area contributed by atoms with Crippen molar-refractivity contribution in [2.24, 2.45) is 0 Å². The first-order chi connectivity index (χ1) is 25.4. The third kappa shape index (κ3) is 9.14. The molecule has 3 aromatic carbocycles. The van der Waals surface area contributed by atoms with Crippen LogP contribution in [-0.2, 0) is 27.1 Å². The minimum atomic E-state index is -2.82. The van der Waals surface area contributed by atoms with E-state index in [1.807, 2.05) is 44.4 Å². The summed E-state index contributed by atoms with van der Waals surface area (Å²) in [6.45, 7) is 14.0. The summed E-state index contributed by atoms with van der Waals surface area (Å²) in [5, 5.41) is 2.26. The van der Waals surface area contributed by atoms with E-state index in [1.54, 1.807) is 6.92 Å². The molecule has 4 aromatic rings. The molecule has 2 heterocycles. The number of benzene rings is 3. The van der Waals surface area contributed by atoms with E-state index >= 15 is 0 Å². The summed E-state index contributed by atoms with van der Waals surface area (Å²) in [6.07, 6.45) is 2.41. The SMILES string of the molecule is CCCC[S+]([O-])N1Cc2cc(C(=O)OCC)nc(-c3cccc(C#C[C@@H](C)N(C)C)c3)c2[C@H]1CCO[Si](c1ccccc1)(c1ccccc1)C(C)(C)C. The molecule has 1 aliphatic heterocycles. The lowest BCUT2D eigenvalue weighted by Gasteiger charge is -2.43. The van der Waals surface area contributed by atoms with Crippen molar-refractivity contribution in [2.45, 2.75) is 84.5 Å². The van der Waals surface area contributed by atoms with Crippen LogP contribution in [0.2, 0.25) is 5.04 Å². The lowest BCUT2D eigenvalue weighted by Crippen LogP contribution is -2.66. The molecule has 0 spiro atoms. The molecule has 5 rings (SSSR count). The van der Waals surface area contributed by atoms with Crippen LogP contribution in [0.4, 0.5) is 0 Å². The average molecular weight is 750 g/mol. The second-order valence-electron chi connectivity index (χ2n) is 14.9. The Bertz CT molecular complexity index is 1850. The summed E-state index contributed by atoms with van der Waals surface area (Å²) >= 11 is -1.25. The van der Waals surface area contributed by atoms with E-state index in [4.69, 9.17) is 14.1 Å². The van der Waals surface area contributed by atoms with Crippen LogP contribution in [0.15, 0.2) is 91.0 Å². The Morgan fingerprint density at radius 3 is 2.26 bits per heavy atom. The van der Waals surface area contributed by atoms with Gasteiger partial charge in [-0.1, -0.05) is 119 Å². The third-order valence-corrected chi connectivity index (χ3v) is 16.6. The van der Waals surface area contributed by atoms with E-state index in [2.05, 4.69) is 116 Å². The molecule has 0 radical (unpaired) electrons. The van der Waals surface area contributed by atoms with Crippen LogP contribution >= 0.6 is 0 Å². The number of aromatic nitrogens is 1. The van der Waals surface area contributed by atoms with Gasteiger partial charge in [0, 0.05) is 34.7 Å². The van der Waals surface area contributed by atoms with E-state index in [1.165, 1.54) is 10.4 Å². The van der Waals surface area contributed by atoms with E-state index in [-0.39, 0.29) is 29.4 Å². The number of unbranched alkanes of at least 4 members (excludes halogenated alkanes) is 1. The van der Waals surface area contributed by atoms with Gasteiger partial charge < -0.3 is 13.7 Å². The lowest BCUT2D eigenvalue weighted by molar-refractivity contribution is 0.0519. The van der Waals surface area contributed by atoms with Gasteiger partial charge >= 0.3 is 5.97 Å². The van der Waals surface area contributed by atoms with E-state index in [0.717, 1.165) is 35.1 Å². The summed E-state index contributed by atoms with van der Waals surface area (Å²) in [5.41, 5.74) is 4.59. The standard InChI is InChI=1S/C44H55N3O4SSi/c1-9-11-29-52(49)47-32-36-31-39(43(48)50-10-2)45-42(35-20-18-19-34(30-35)26-25-33(3)46(7)8)41(36)40(47)27-28-51-53(44(4,5)6,37-21-14-12-15-22-37)38-23-16-13-17-24-38/h12-24,30-31,33,40H,9-11,27-29,32H2,1-8H3/t33-,40-,52?/m1/s1.